The highest BCUT2D eigenvalue weighted by Crippen LogP contribution is 2.35. The van der Waals surface area contributed by atoms with Gasteiger partial charge in [0.1, 0.15) is 5.60 Å². The van der Waals surface area contributed by atoms with Crippen molar-refractivity contribution in [1.82, 2.24) is 9.78 Å². The minimum Gasteiger partial charge on any atom is -0.380 e. The number of alkyl halides is 3. The smallest absolute Gasteiger partial charge is 0.380 e. The van der Waals surface area contributed by atoms with Crippen LogP contribution in [0.15, 0.2) is 18.2 Å². The number of halogens is 3. The average Bonchev–Trinajstić information content (AvgIpc) is 3.07. The second kappa shape index (κ2) is 7.55. The van der Waals surface area contributed by atoms with Crippen LogP contribution < -0.4 is 10.2 Å². The van der Waals surface area contributed by atoms with Gasteiger partial charge in [-0.05, 0) is 55.5 Å². The molecule has 31 heavy (non-hydrogen) atoms. The molecule has 2 aromatic rings. The Labute approximate surface area is 180 Å². The monoisotopic (exact) mass is 438 g/mol. The number of hydrogen-bond acceptors (Lipinski definition) is 4. The molecule has 1 aliphatic heterocycles. The van der Waals surface area contributed by atoms with Crippen LogP contribution in [0.3, 0.4) is 0 Å². The predicted molar refractivity (Wildman–Crippen MR) is 113 cm³/mol. The zero-order valence-corrected chi connectivity index (χ0v) is 18.7. The number of nitrogens with zero attached hydrogens (tertiary/aromatic N) is 3. The summed E-state index contributed by atoms with van der Waals surface area (Å²) in [6.07, 6.45) is -4.46. The number of carbonyl (C=O) groups excluding carboxylic acids is 1. The van der Waals surface area contributed by atoms with Gasteiger partial charge in [-0.25, -0.2) is 0 Å². The fourth-order valence-electron chi connectivity index (χ4n) is 3.52. The third-order valence-corrected chi connectivity index (χ3v) is 6.11. The number of nitrogens with one attached hydrogen (secondary N) is 1. The Bertz CT molecular complexity index is 980. The standard InChI is InChI=1S/C22H29F3N4O2/c1-13-9-15(10-14(2)18(13)26-19(30)21(6,31)20(3,4)5)28-7-8-29-16(12-28)11-17(27-29)22(23,24)25/h9-11,31H,7-8,12H2,1-6H3,(H,26,30)/t21-/m0/s1. The van der Waals surface area contributed by atoms with Crippen LogP contribution in [-0.2, 0) is 24.1 Å². The Kier molecular flexibility index (Phi) is 5.63. The van der Waals surface area contributed by atoms with E-state index in [0.29, 0.717) is 31.0 Å². The largest absolute Gasteiger partial charge is 0.435 e. The summed E-state index contributed by atoms with van der Waals surface area (Å²) in [5.41, 5.74) is 0.521. The fourth-order valence-corrected chi connectivity index (χ4v) is 3.52. The van der Waals surface area contributed by atoms with Gasteiger partial charge in [-0.15, -0.1) is 0 Å². The van der Waals surface area contributed by atoms with E-state index in [2.05, 4.69) is 10.4 Å². The van der Waals surface area contributed by atoms with Gasteiger partial charge in [0.2, 0.25) is 0 Å². The Morgan fingerprint density at radius 2 is 1.65 bits per heavy atom. The molecule has 2 heterocycles. The van der Waals surface area contributed by atoms with Crippen LogP contribution in [0, 0.1) is 19.3 Å². The van der Waals surface area contributed by atoms with Crippen molar-refractivity contribution in [3.8, 4) is 0 Å². The topological polar surface area (TPSA) is 70.4 Å². The molecule has 1 atom stereocenters. The van der Waals surface area contributed by atoms with Gasteiger partial charge in [0.05, 0.1) is 18.8 Å². The van der Waals surface area contributed by atoms with Crippen LogP contribution >= 0.6 is 0 Å². The highest BCUT2D eigenvalue weighted by Gasteiger charge is 2.42. The Morgan fingerprint density at radius 3 is 2.16 bits per heavy atom. The highest BCUT2D eigenvalue weighted by atomic mass is 19.4. The molecule has 0 saturated heterocycles. The molecule has 170 valence electrons. The Balaban J connectivity index is 1.83. The van der Waals surface area contributed by atoms with E-state index in [4.69, 9.17) is 0 Å². The molecule has 0 aliphatic carbocycles. The van der Waals surface area contributed by atoms with E-state index >= 15 is 0 Å². The first-order valence-corrected chi connectivity index (χ1v) is 10.1. The van der Waals surface area contributed by atoms with Crippen molar-refractivity contribution in [3.63, 3.8) is 0 Å². The Morgan fingerprint density at radius 1 is 1.06 bits per heavy atom. The molecule has 0 saturated carbocycles. The van der Waals surface area contributed by atoms with Gasteiger partial charge in [-0.3, -0.25) is 9.48 Å². The molecule has 0 radical (unpaired) electrons. The molecule has 6 nitrogen and oxygen atoms in total. The summed E-state index contributed by atoms with van der Waals surface area (Å²) in [5, 5.41) is 17.2. The number of aromatic nitrogens is 2. The molecule has 1 aromatic heterocycles. The minimum atomic E-state index is -4.46. The third-order valence-electron chi connectivity index (χ3n) is 6.11. The maximum atomic E-state index is 13.0. The molecular weight excluding hydrogens is 409 g/mol. The summed E-state index contributed by atoms with van der Waals surface area (Å²) in [6.45, 7) is 11.8. The van der Waals surface area contributed by atoms with Crippen LogP contribution in [-0.4, -0.2) is 32.9 Å². The molecule has 0 spiro atoms. The molecule has 0 bridgehead atoms. The molecule has 0 fully saturated rings. The quantitative estimate of drug-likeness (QED) is 0.751. The first-order chi connectivity index (χ1) is 14.1. The number of fused-ring (bicyclic) bond motifs is 1. The summed E-state index contributed by atoms with van der Waals surface area (Å²) in [5.74, 6) is -0.486. The van der Waals surface area contributed by atoms with Gasteiger partial charge < -0.3 is 15.3 Å². The zero-order chi connectivity index (χ0) is 23.4. The van der Waals surface area contributed by atoms with Gasteiger partial charge in [-0.1, -0.05) is 20.8 Å². The summed E-state index contributed by atoms with van der Waals surface area (Å²) >= 11 is 0. The van der Waals surface area contributed by atoms with Crippen molar-refractivity contribution < 1.29 is 23.1 Å². The van der Waals surface area contributed by atoms with Gasteiger partial charge in [-0.2, -0.15) is 18.3 Å². The number of aliphatic hydroxyl groups is 1. The molecular formula is C22H29F3N4O2. The van der Waals surface area contributed by atoms with Crippen molar-refractivity contribution >= 4 is 17.3 Å². The lowest BCUT2D eigenvalue weighted by molar-refractivity contribution is -0.143. The Hall–Kier alpha value is -2.55. The van der Waals surface area contributed by atoms with Crippen molar-refractivity contribution in [2.24, 2.45) is 5.41 Å². The van der Waals surface area contributed by atoms with E-state index in [0.717, 1.165) is 22.9 Å². The summed E-state index contributed by atoms with van der Waals surface area (Å²) < 4.78 is 40.3. The number of amides is 1. The van der Waals surface area contributed by atoms with Crippen molar-refractivity contribution in [2.75, 3.05) is 16.8 Å². The zero-order valence-electron chi connectivity index (χ0n) is 18.7. The molecule has 3 rings (SSSR count). The van der Waals surface area contributed by atoms with E-state index in [-0.39, 0.29) is 0 Å². The van der Waals surface area contributed by atoms with E-state index in [9.17, 15) is 23.1 Å². The van der Waals surface area contributed by atoms with Gasteiger partial charge in [0.15, 0.2) is 5.69 Å². The number of carbonyl (C=O) groups is 1. The summed E-state index contributed by atoms with van der Waals surface area (Å²) in [7, 11) is 0. The number of hydrogen-bond donors (Lipinski definition) is 2. The van der Waals surface area contributed by atoms with E-state index in [1.54, 1.807) is 20.8 Å². The third kappa shape index (κ3) is 4.42. The molecule has 1 aromatic carbocycles. The normalized spacial score (nSPS) is 16.6. The lowest BCUT2D eigenvalue weighted by Crippen LogP contribution is -2.50. The first-order valence-electron chi connectivity index (χ1n) is 10.1. The molecule has 1 aliphatic rings. The highest BCUT2D eigenvalue weighted by molar-refractivity contribution is 5.98. The van der Waals surface area contributed by atoms with E-state index in [1.807, 2.05) is 30.9 Å². The van der Waals surface area contributed by atoms with E-state index in [1.165, 1.54) is 11.6 Å². The van der Waals surface area contributed by atoms with Crippen LogP contribution in [0.25, 0.3) is 0 Å². The number of anilines is 2. The maximum Gasteiger partial charge on any atom is 0.435 e. The molecule has 0 unspecified atom stereocenters. The van der Waals surface area contributed by atoms with E-state index < -0.39 is 28.8 Å². The first kappa shape index (κ1) is 23.1. The van der Waals surface area contributed by atoms with Crippen LogP contribution in [0.2, 0.25) is 0 Å². The summed E-state index contributed by atoms with van der Waals surface area (Å²) in [4.78, 5) is 14.7. The van der Waals surface area contributed by atoms with Crippen LogP contribution in [0.5, 0.6) is 0 Å². The fraction of sp³-hybridized carbons (Fsp3) is 0.545. The maximum absolute atomic E-state index is 13.0. The van der Waals surface area contributed by atoms with Gasteiger partial charge >= 0.3 is 6.18 Å². The van der Waals surface area contributed by atoms with Gasteiger partial charge in [0.25, 0.3) is 5.91 Å². The SMILES string of the molecule is Cc1cc(N2CCn3nc(C(F)(F)F)cc3C2)cc(C)c1NC(=O)[C@](C)(O)C(C)(C)C. The predicted octanol–water partition coefficient (Wildman–Crippen LogP) is 4.27. The van der Waals surface area contributed by atoms with Gasteiger partial charge in [0, 0.05) is 17.9 Å². The van der Waals surface area contributed by atoms with Crippen LogP contribution in [0.4, 0.5) is 24.5 Å². The number of aryl methyl sites for hydroxylation is 2. The number of rotatable bonds is 3. The second-order valence-corrected chi connectivity index (χ2v) is 9.39. The van der Waals surface area contributed by atoms with Crippen molar-refractivity contribution in [3.05, 3.63) is 40.7 Å². The molecule has 1 amide bonds. The van der Waals surface area contributed by atoms with Crippen molar-refractivity contribution in [1.29, 1.82) is 0 Å². The average molecular weight is 438 g/mol. The lowest BCUT2D eigenvalue weighted by atomic mass is 9.77. The molecule has 9 heteroatoms. The summed E-state index contributed by atoms with van der Waals surface area (Å²) in [6, 6.07) is 4.88. The van der Waals surface area contributed by atoms with Crippen molar-refractivity contribution in [2.45, 2.75) is 66.4 Å². The number of benzene rings is 1. The minimum absolute atomic E-state index is 0.312. The lowest BCUT2D eigenvalue weighted by Gasteiger charge is -2.36. The molecule has 2 N–H and O–H groups in total. The van der Waals surface area contributed by atoms with Crippen LogP contribution in [0.1, 0.15) is 50.2 Å². The second-order valence-electron chi connectivity index (χ2n) is 9.39.